The van der Waals surface area contributed by atoms with E-state index in [0.717, 1.165) is 28.0 Å². The Balaban J connectivity index is 1.79. The SMILES string of the molecule is Cc1cc2ccnc(-c3ccc4c(ccc5ccccc54)c3)c2o1. The number of aromatic nitrogens is 1. The van der Waals surface area contributed by atoms with Crippen molar-refractivity contribution in [3.8, 4) is 11.3 Å². The molecule has 0 aliphatic heterocycles. The van der Waals surface area contributed by atoms with Crippen molar-refractivity contribution >= 4 is 32.5 Å². The van der Waals surface area contributed by atoms with Gasteiger partial charge in [0.05, 0.1) is 0 Å². The summed E-state index contributed by atoms with van der Waals surface area (Å²) in [5.41, 5.74) is 2.84. The maximum atomic E-state index is 5.87. The van der Waals surface area contributed by atoms with E-state index in [1.54, 1.807) is 0 Å². The molecule has 0 aliphatic rings. The van der Waals surface area contributed by atoms with E-state index in [4.69, 9.17) is 4.42 Å². The molecular formula is C22H15NO. The lowest BCUT2D eigenvalue weighted by Crippen LogP contribution is -1.85. The molecular weight excluding hydrogens is 294 g/mol. The molecule has 0 saturated carbocycles. The van der Waals surface area contributed by atoms with Crippen LogP contribution in [0.15, 0.2) is 77.3 Å². The summed E-state index contributed by atoms with van der Waals surface area (Å²) in [6.07, 6.45) is 1.84. The average molecular weight is 309 g/mol. The molecule has 5 aromatic rings. The number of aryl methyl sites for hydroxylation is 1. The van der Waals surface area contributed by atoms with Crippen LogP contribution in [0.3, 0.4) is 0 Å². The highest BCUT2D eigenvalue weighted by Gasteiger charge is 2.11. The molecule has 2 heteroatoms. The van der Waals surface area contributed by atoms with Crippen molar-refractivity contribution in [2.45, 2.75) is 6.92 Å². The predicted molar refractivity (Wildman–Crippen MR) is 99.2 cm³/mol. The lowest BCUT2D eigenvalue weighted by molar-refractivity contribution is 0.578. The molecule has 3 aromatic carbocycles. The molecule has 0 saturated heterocycles. The molecule has 0 aliphatic carbocycles. The molecule has 2 aromatic heterocycles. The van der Waals surface area contributed by atoms with Crippen molar-refractivity contribution in [2.24, 2.45) is 0 Å². The fraction of sp³-hybridized carbons (Fsp3) is 0.0455. The highest BCUT2D eigenvalue weighted by Crippen LogP contribution is 2.32. The van der Waals surface area contributed by atoms with Crippen LogP contribution in [-0.4, -0.2) is 4.98 Å². The molecule has 0 atom stereocenters. The van der Waals surface area contributed by atoms with Crippen LogP contribution in [0.1, 0.15) is 5.76 Å². The van der Waals surface area contributed by atoms with Gasteiger partial charge in [-0.25, -0.2) is 0 Å². The van der Waals surface area contributed by atoms with Crippen molar-refractivity contribution in [1.29, 1.82) is 0 Å². The van der Waals surface area contributed by atoms with E-state index in [2.05, 4.69) is 65.6 Å². The molecule has 24 heavy (non-hydrogen) atoms. The minimum atomic E-state index is 0.857. The number of nitrogens with zero attached hydrogens (tertiary/aromatic N) is 1. The second-order valence-electron chi connectivity index (χ2n) is 6.16. The smallest absolute Gasteiger partial charge is 0.160 e. The van der Waals surface area contributed by atoms with E-state index in [-0.39, 0.29) is 0 Å². The van der Waals surface area contributed by atoms with Crippen molar-refractivity contribution in [3.63, 3.8) is 0 Å². The molecule has 0 radical (unpaired) electrons. The fourth-order valence-corrected chi connectivity index (χ4v) is 3.46. The quantitative estimate of drug-likeness (QED) is 0.349. The third kappa shape index (κ3) is 1.93. The molecule has 5 rings (SSSR count). The van der Waals surface area contributed by atoms with Gasteiger partial charge in [0.2, 0.25) is 0 Å². The molecule has 2 heterocycles. The summed E-state index contributed by atoms with van der Waals surface area (Å²) in [4.78, 5) is 4.57. The Morgan fingerprint density at radius 3 is 2.54 bits per heavy atom. The van der Waals surface area contributed by atoms with Gasteiger partial charge >= 0.3 is 0 Å². The van der Waals surface area contributed by atoms with Crippen LogP contribution < -0.4 is 0 Å². The molecule has 0 unspecified atom stereocenters. The van der Waals surface area contributed by atoms with E-state index in [9.17, 15) is 0 Å². The molecule has 0 bridgehead atoms. The molecule has 0 N–H and O–H groups in total. The number of benzene rings is 3. The van der Waals surface area contributed by atoms with E-state index in [1.165, 1.54) is 21.5 Å². The van der Waals surface area contributed by atoms with Crippen LogP contribution in [0.2, 0.25) is 0 Å². The van der Waals surface area contributed by atoms with Crippen LogP contribution in [0.4, 0.5) is 0 Å². The van der Waals surface area contributed by atoms with Gasteiger partial charge in [-0.15, -0.1) is 0 Å². The van der Waals surface area contributed by atoms with Gasteiger partial charge in [0.25, 0.3) is 0 Å². The summed E-state index contributed by atoms with van der Waals surface area (Å²) >= 11 is 0. The summed E-state index contributed by atoms with van der Waals surface area (Å²) in [6, 6.07) is 23.4. The van der Waals surface area contributed by atoms with E-state index >= 15 is 0 Å². The Morgan fingerprint density at radius 2 is 1.58 bits per heavy atom. The third-order valence-corrected chi connectivity index (χ3v) is 4.58. The van der Waals surface area contributed by atoms with Crippen LogP contribution in [0.25, 0.3) is 43.8 Å². The number of hydrogen-bond acceptors (Lipinski definition) is 2. The topological polar surface area (TPSA) is 26.0 Å². The van der Waals surface area contributed by atoms with Gasteiger partial charge in [-0.05, 0) is 46.7 Å². The first-order valence-electron chi connectivity index (χ1n) is 8.07. The van der Waals surface area contributed by atoms with Gasteiger partial charge in [-0.1, -0.05) is 48.5 Å². The minimum Gasteiger partial charge on any atom is -0.459 e. The van der Waals surface area contributed by atoms with E-state index < -0.39 is 0 Å². The monoisotopic (exact) mass is 309 g/mol. The number of hydrogen-bond donors (Lipinski definition) is 0. The zero-order chi connectivity index (χ0) is 16.1. The van der Waals surface area contributed by atoms with Gasteiger partial charge in [0.1, 0.15) is 11.5 Å². The van der Waals surface area contributed by atoms with Gasteiger partial charge in [0, 0.05) is 17.1 Å². The zero-order valence-corrected chi connectivity index (χ0v) is 13.3. The van der Waals surface area contributed by atoms with Gasteiger partial charge < -0.3 is 4.42 Å². The third-order valence-electron chi connectivity index (χ3n) is 4.58. The normalized spacial score (nSPS) is 11.5. The largest absolute Gasteiger partial charge is 0.459 e. The number of rotatable bonds is 1. The second-order valence-corrected chi connectivity index (χ2v) is 6.16. The van der Waals surface area contributed by atoms with Gasteiger partial charge in [-0.2, -0.15) is 0 Å². The molecule has 0 fully saturated rings. The number of pyridine rings is 1. The number of fused-ring (bicyclic) bond motifs is 4. The summed E-state index contributed by atoms with van der Waals surface area (Å²) < 4.78 is 5.87. The Bertz CT molecular complexity index is 1220. The van der Waals surface area contributed by atoms with Crippen molar-refractivity contribution in [3.05, 3.63) is 78.7 Å². The lowest BCUT2D eigenvalue weighted by atomic mass is 9.99. The molecule has 114 valence electrons. The van der Waals surface area contributed by atoms with E-state index in [0.29, 0.717) is 0 Å². The number of furan rings is 1. The van der Waals surface area contributed by atoms with Crippen LogP contribution >= 0.6 is 0 Å². The summed E-state index contributed by atoms with van der Waals surface area (Å²) in [7, 11) is 0. The Labute approximate surface area is 139 Å². The van der Waals surface area contributed by atoms with Gasteiger partial charge in [0.15, 0.2) is 5.58 Å². The maximum Gasteiger partial charge on any atom is 0.160 e. The first-order chi connectivity index (χ1) is 11.8. The zero-order valence-electron chi connectivity index (χ0n) is 13.3. The summed E-state index contributed by atoms with van der Waals surface area (Å²) in [6.45, 7) is 1.97. The standard InChI is InChI=1S/C22H15NO/c1-14-12-18-10-11-23-21(22(18)24-14)17-8-9-20-16(13-17)7-6-15-4-2-3-5-19(15)20/h2-13H,1H3. The summed E-state index contributed by atoms with van der Waals surface area (Å²) in [5.74, 6) is 0.908. The Hall–Kier alpha value is -3.13. The van der Waals surface area contributed by atoms with Crippen LogP contribution in [0.5, 0.6) is 0 Å². The highest BCUT2D eigenvalue weighted by molar-refractivity contribution is 6.08. The van der Waals surface area contributed by atoms with Crippen molar-refractivity contribution in [2.75, 3.05) is 0 Å². The van der Waals surface area contributed by atoms with E-state index in [1.807, 2.05) is 19.2 Å². The first-order valence-corrected chi connectivity index (χ1v) is 8.07. The fourth-order valence-electron chi connectivity index (χ4n) is 3.46. The second kappa shape index (κ2) is 4.93. The Morgan fingerprint density at radius 1 is 0.750 bits per heavy atom. The maximum absolute atomic E-state index is 5.87. The lowest BCUT2D eigenvalue weighted by Gasteiger charge is -2.07. The summed E-state index contributed by atoms with van der Waals surface area (Å²) in [5, 5.41) is 6.12. The first kappa shape index (κ1) is 13.3. The minimum absolute atomic E-state index is 0.857. The predicted octanol–water partition coefficient (Wildman–Crippen LogP) is 6.11. The molecule has 2 nitrogen and oxygen atoms in total. The van der Waals surface area contributed by atoms with Crippen LogP contribution in [-0.2, 0) is 0 Å². The van der Waals surface area contributed by atoms with Crippen LogP contribution in [0, 0.1) is 6.92 Å². The van der Waals surface area contributed by atoms with Crippen molar-refractivity contribution in [1.82, 2.24) is 4.98 Å². The Kier molecular flexibility index (Phi) is 2.74. The average Bonchev–Trinajstić information content (AvgIpc) is 3.01. The molecule has 0 spiro atoms. The highest BCUT2D eigenvalue weighted by atomic mass is 16.3. The van der Waals surface area contributed by atoms with Gasteiger partial charge in [-0.3, -0.25) is 4.98 Å². The molecule has 0 amide bonds. The van der Waals surface area contributed by atoms with Crippen molar-refractivity contribution < 1.29 is 4.42 Å².